The van der Waals surface area contributed by atoms with Gasteiger partial charge in [0, 0.05) is 44.0 Å². The highest BCUT2D eigenvalue weighted by molar-refractivity contribution is 5.27. The third-order valence-electron chi connectivity index (χ3n) is 6.31. The molecule has 0 bridgehead atoms. The summed E-state index contributed by atoms with van der Waals surface area (Å²) in [6.07, 6.45) is 3.77. The number of likely N-dealkylation sites (tertiary alicyclic amines) is 1. The quantitative estimate of drug-likeness (QED) is 0.641. The summed E-state index contributed by atoms with van der Waals surface area (Å²) in [6, 6.07) is 8.51. The normalized spacial score (nSPS) is 17.8. The predicted molar refractivity (Wildman–Crippen MR) is 120 cm³/mol. The molecule has 2 heterocycles. The molecule has 1 aliphatic heterocycles. The molecular formula is C24H38N4O. The van der Waals surface area contributed by atoms with Gasteiger partial charge in [-0.05, 0) is 77.2 Å². The first-order valence-electron chi connectivity index (χ1n) is 11.1. The molecule has 1 atom stereocenters. The van der Waals surface area contributed by atoms with Gasteiger partial charge in [-0.3, -0.25) is 4.68 Å². The molecule has 0 saturated carbocycles. The number of rotatable bonds is 9. The van der Waals surface area contributed by atoms with E-state index in [9.17, 15) is 0 Å². The molecule has 0 aliphatic carbocycles. The second kappa shape index (κ2) is 10.3. The maximum atomic E-state index is 5.26. The van der Waals surface area contributed by atoms with E-state index in [1.165, 1.54) is 48.4 Å². The number of methoxy groups -OCH3 is 1. The van der Waals surface area contributed by atoms with E-state index in [0.717, 1.165) is 44.3 Å². The van der Waals surface area contributed by atoms with Crippen molar-refractivity contribution in [3.63, 3.8) is 0 Å². The van der Waals surface area contributed by atoms with Gasteiger partial charge in [0.05, 0.1) is 12.8 Å². The summed E-state index contributed by atoms with van der Waals surface area (Å²) in [7, 11) is 3.98. The second-order valence-corrected chi connectivity index (χ2v) is 8.57. The number of ether oxygens (including phenoxy) is 1. The molecule has 1 saturated heterocycles. The van der Waals surface area contributed by atoms with E-state index in [-0.39, 0.29) is 0 Å². The standard InChI is InChI=1S/C24H38N4O/c1-6-28-20(3)24(19(2)25-28)18-26(4)16-22-8-7-14-27(17-22)15-13-21-9-11-23(29-5)12-10-21/h9-12,22H,6-8,13-18H2,1-5H3/t22-/m1/s1. The van der Waals surface area contributed by atoms with Gasteiger partial charge in [0.15, 0.2) is 0 Å². The third-order valence-corrected chi connectivity index (χ3v) is 6.31. The van der Waals surface area contributed by atoms with Gasteiger partial charge in [-0.1, -0.05) is 12.1 Å². The van der Waals surface area contributed by atoms with Crippen LogP contribution in [0.5, 0.6) is 5.75 Å². The van der Waals surface area contributed by atoms with Crippen LogP contribution in [-0.4, -0.2) is 59.9 Å². The fourth-order valence-corrected chi connectivity index (χ4v) is 4.63. The molecular weight excluding hydrogens is 360 g/mol. The minimum absolute atomic E-state index is 0.756. The lowest BCUT2D eigenvalue weighted by Gasteiger charge is -2.34. The Morgan fingerprint density at radius 1 is 1.21 bits per heavy atom. The van der Waals surface area contributed by atoms with E-state index < -0.39 is 0 Å². The smallest absolute Gasteiger partial charge is 0.118 e. The Labute approximate surface area is 176 Å². The van der Waals surface area contributed by atoms with Crippen molar-refractivity contribution >= 4 is 0 Å². The zero-order valence-corrected chi connectivity index (χ0v) is 18.9. The van der Waals surface area contributed by atoms with Crippen molar-refractivity contribution in [2.24, 2.45) is 5.92 Å². The lowest BCUT2D eigenvalue weighted by Crippen LogP contribution is -2.40. The van der Waals surface area contributed by atoms with Crippen LogP contribution >= 0.6 is 0 Å². The summed E-state index contributed by atoms with van der Waals surface area (Å²) in [4.78, 5) is 5.15. The van der Waals surface area contributed by atoms with Crippen LogP contribution < -0.4 is 4.74 Å². The zero-order chi connectivity index (χ0) is 20.8. The van der Waals surface area contributed by atoms with Crippen molar-refractivity contribution in [3.8, 4) is 5.75 Å². The largest absolute Gasteiger partial charge is 0.497 e. The third kappa shape index (κ3) is 5.83. The van der Waals surface area contributed by atoms with Crippen LogP contribution in [0.2, 0.25) is 0 Å². The first-order valence-corrected chi connectivity index (χ1v) is 11.1. The molecule has 0 N–H and O–H groups in total. The van der Waals surface area contributed by atoms with Gasteiger partial charge in [0.2, 0.25) is 0 Å². The Bertz CT molecular complexity index is 768. The van der Waals surface area contributed by atoms with Gasteiger partial charge in [-0.15, -0.1) is 0 Å². The van der Waals surface area contributed by atoms with Crippen molar-refractivity contribution in [2.45, 2.75) is 53.1 Å². The van der Waals surface area contributed by atoms with E-state index in [4.69, 9.17) is 4.74 Å². The van der Waals surface area contributed by atoms with Crippen molar-refractivity contribution in [3.05, 3.63) is 46.8 Å². The Hall–Kier alpha value is -1.85. The maximum absolute atomic E-state index is 5.26. The van der Waals surface area contributed by atoms with Crippen LogP contribution in [0.25, 0.3) is 0 Å². The molecule has 0 unspecified atom stereocenters. The van der Waals surface area contributed by atoms with Gasteiger partial charge < -0.3 is 14.5 Å². The summed E-state index contributed by atoms with van der Waals surface area (Å²) in [6.45, 7) is 13.2. The van der Waals surface area contributed by atoms with Gasteiger partial charge >= 0.3 is 0 Å². The molecule has 5 nitrogen and oxygen atoms in total. The number of hydrogen-bond donors (Lipinski definition) is 0. The van der Waals surface area contributed by atoms with Crippen LogP contribution in [0.15, 0.2) is 24.3 Å². The summed E-state index contributed by atoms with van der Waals surface area (Å²) in [5.74, 6) is 1.69. The number of benzene rings is 1. The minimum Gasteiger partial charge on any atom is -0.497 e. The van der Waals surface area contributed by atoms with Crippen LogP contribution in [0.4, 0.5) is 0 Å². The lowest BCUT2D eigenvalue weighted by atomic mass is 9.96. The SMILES string of the molecule is CCn1nc(C)c(CN(C)C[C@H]2CCCN(CCc3ccc(OC)cc3)C2)c1C. The van der Waals surface area contributed by atoms with Crippen molar-refractivity contribution < 1.29 is 4.74 Å². The molecule has 1 aliphatic rings. The minimum atomic E-state index is 0.756. The van der Waals surface area contributed by atoms with Crippen LogP contribution in [0, 0.1) is 19.8 Å². The number of piperidine rings is 1. The second-order valence-electron chi connectivity index (χ2n) is 8.57. The van der Waals surface area contributed by atoms with Crippen molar-refractivity contribution in [2.75, 3.05) is 40.3 Å². The fourth-order valence-electron chi connectivity index (χ4n) is 4.63. The summed E-state index contributed by atoms with van der Waals surface area (Å²) >= 11 is 0. The van der Waals surface area contributed by atoms with E-state index in [1.54, 1.807) is 7.11 Å². The van der Waals surface area contributed by atoms with Crippen molar-refractivity contribution in [1.82, 2.24) is 19.6 Å². The molecule has 0 amide bonds. The van der Waals surface area contributed by atoms with Crippen LogP contribution in [-0.2, 0) is 19.5 Å². The Balaban J connectivity index is 1.48. The number of aryl methyl sites for hydroxylation is 2. The molecule has 0 radical (unpaired) electrons. The highest BCUT2D eigenvalue weighted by atomic mass is 16.5. The van der Waals surface area contributed by atoms with Crippen LogP contribution in [0.3, 0.4) is 0 Å². The maximum Gasteiger partial charge on any atom is 0.118 e. The highest BCUT2D eigenvalue weighted by Crippen LogP contribution is 2.21. The Kier molecular flexibility index (Phi) is 7.73. The molecule has 3 rings (SSSR count). The molecule has 5 heteroatoms. The van der Waals surface area contributed by atoms with E-state index >= 15 is 0 Å². The van der Waals surface area contributed by atoms with Gasteiger partial charge in [-0.2, -0.15) is 5.10 Å². The lowest BCUT2D eigenvalue weighted by molar-refractivity contribution is 0.142. The molecule has 1 aromatic carbocycles. The fraction of sp³-hybridized carbons (Fsp3) is 0.625. The first kappa shape index (κ1) is 21.8. The predicted octanol–water partition coefficient (Wildman–Crippen LogP) is 3.91. The van der Waals surface area contributed by atoms with Gasteiger partial charge in [0.1, 0.15) is 5.75 Å². The topological polar surface area (TPSA) is 33.5 Å². The number of nitrogens with zero attached hydrogens (tertiary/aromatic N) is 4. The summed E-state index contributed by atoms with van der Waals surface area (Å²) < 4.78 is 7.38. The van der Waals surface area contributed by atoms with E-state index in [0.29, 0.717) is 0 Å². The highest BCUT2D eigenvalue weighted by Gasteiger charge is 2.22. The Morgan fingerprint density at radius 2 is 1.97 bits per heavy atom. The van der Waals surface area contributed by atoms with E-state index in [2.05, 4.69) is 71.7 Å². The molecule has 1 aromatic heterocycles. The summed E-state index contributed by atoms with van der Waals surface area (Å²) in [5, 5.41) is 4.68. The monoisotopic (exact) mass is 398 g/mol. The Morgan fingerprint density at radius 3 is 2.62 bits per heavy atom. The number of aromatic nitrogens is 2. The molecule has 2 aromatic rings. The molecule has 0 spiro atoms. The van der Waals surface area contributed by atoms with Gasteiger partial charge in [-0.25, -0.2) is 0 Å². The molecule has 160 valence electrons. The van der Waals surface area contributed by atoms with E-state index in [1.807, 2.05) is 0 Å². The average Bonchev–Trinajstić information content (AvgIpc) is 3.00. The van der Waals surface area contributed by atoms with Crippen molar-refractivity contribution in [1.29, 1.82) is 0 Å². The molecule has 1 fully saturated rings. The average molecular weight is 399 g/mol. The zero-order valence-electron chi connectivity index (χ0n) is 18.9. The van der Waals surface area contributed by atoms with Gasteiger partial charge in [0.25, 0.3) is 0 Å². The first-order chi connectivity index (χ1) is 14.0. The molecule has 29 heavy (non-hydrogen) atoms. The number of hydrogen-bond acceptors (Lipinski definition) is 4. The van der Waals surface area contributed by atoms with Crippen LogP contribution in [0.1, 0.15) is 42.3 Å². The summed E-state index contributed by atoms with van der Waals surface area (Å²) in [5.41, 5.74) is 5.30.